The fourth-order valence-electron chi connectivity index (χ4n) is 0. The van der Waals surface area contributed by atoms with Gasteiger partial charge in [-0.15, -0.1) is 0 Å². The molecule has 0 atom stereocenters. The summed E-state index contributed by atoms with van der Waals surface area (Å²) in [4.78, 5) is 0. The second kappa shape index (κ2) is 5.78. The van der Waals surface area contributed by atoms with E-state index >= 15 is 0 Å². The molecule has 0 aliphatic heterocycles. The van der Waals surface area contributed by atoms with Gasteiger partial charge in [-0.1, -0.05) is 0 Å². The van der Waals surface area contributed by atoms with Crippen LogP contribution >= 0.6 is 0 Å². The van der Waals surface area contributed by atoms with Gasteiger partial charge >= 0.3 is 23.1 Å². The molecule has 0 spiro atoms. The van der Waals surface area contributed by atoms with Crippen LogP contribution in [0.3, 0.4) is 0 Å². The summed E-state index contributed by atoms with van der Waals surface area (Å²) < 4.78 is 3.14. The van der Waals surface area contributed by atoms with Crippen molar-refractivity contribution >= 4 is 38.4 Å². The SMILES string of the molecule is [B]OB([O-])[O-].[Mg+2]. The van der Waals surface area contributed by atoms with Gasteiger partial charge in [-0.05, 0) is 0 Å². The first kappa shape index (κ1) is 9.91. The summed E-state index contributed by atoms with van der Waals surface area (Å²) in [5.74, 6) is 0. The molecule has 26 valence electrons. The van der Waals surface area contributed by atoms with E-state index in [0.29, 0.717) is 0 Å². The summed E-state index contributed by atoms with van der Waals surface area (Å²) in [6.07, 6.45) is 0. The Labute approximate surface area is 53.5 Å². The van der Waals surface area contributed by atoms with E-state index in [2.05, 4.69) is 12.6 Å². The van der Waals surface area contributed by atoms with Crippen molar-refractivity contribution in [1.29, 1.82) is 0 Å². The van der Waals surface area contributed by atoms with Crippen LogP contribution < -0.4 is 10.0 Å². The quantitative estimate of drug-likeness (QED) is 0.315. The molecule has 0 amide bonds. The Balaban J connectivity index is 0. The first-order valence-electron chi connectivity index (χ1n) is 0.943. The summed E-state index contributed by atoms with van der Waals surface area (Å²) in [5.41, 5.74) is 0. The van der Waals surface area contributed by atoms with Crippen molar-refractivity contribution in [3.63, 3.8) is 0 Å². The Morgan fingerprint density at radius 2 is 1.67 bits per heavy atom. The van der Waals surface area contributed by atoms with Crippen molar-refractivity contribution in [2.24, 2.45) is 0 Å². The van der Waals surface area contributed by atoms with Gasteiger partial charge in [-0.3, -0.25) is 0 Å². The number of rotatable bonds is 1. The Bertz CT molecular complexity index is 22.8. The van der Waals surface area contributed by atoms with E-state index in [1.165, 1.54) is 0 Å². The third-order valence-electron chi connectivity index (χ3n) is 0.111. The Morgan fingerprint density at radius 3 is 1.67 bits per heavy atom. The Kier molecular flexibility index (Phi) is 9.54. The predicted molar refractivity (Wildman–Crippen MR) is 18.3 cm³/mol. The third kappa shape index (κ3) is 8.84. The minimum atomic E-state index is -2.34. The van der Waals surface area contributed by atoms with Crippen LogP contribution in [-0.2, 0) is 4.57 Å². The molecule has 3 nitrogen and oxygen atoms in total. The standard InChI is InChI=1S/B2O3.Mg/c1-5-2(3)4;/q-2;+2. The molecule has 0 saturated heterocycles. The first-order valence-corrected chi connectivity index (χ1v) is 0.943. The van der Waals surface area contributed by atoms with E-state index < -0.39 is 7.32 Å². The van der Waals surface area contributed by atoms with E-state index in [1.54, 1.807) is 0 Å². The van der Waals surface area contributed by atoms with Crippen molar-refractivity contribution in [3.05, 3.63) is 0 Å². The molecule has 0 N–H and O–H groups in total. The fourth-order valence-corrected chi connectivity index (χ4v) is 0. The number of hydrogen-bond donors (Lipinski definition) is 0. The average Bonchev–Trinajstić information content (AvgIpc) is 1.38. The molecular weight excluding hydrogens is 93.9 g/mol. The first-order chi connectivity index (χ1) is 2.27. The molecular formula is B2MgO3. The van der Waals surface area contributed by atoms with Crippen LogP contribution in [0.5, 0.6) is 0 Å². The van der Waals surface area contributed by atoms with Gasteiger partial charge in [0.15, 0.2) is 0 Å². The van der Waals surface area contributed by atoms with Crippen molar-refractivity contribution in [3.8, 4) is 0 Å². The molecule has 2 radical (unpaired) electrons. The zero-order valence-electron chi connectivity index (χ0n) is 3.09. The van der Waals surface area contributed by atoms with E-state index in [0.717, 1.165) is 0 Å². The zero-order chi connectivity index (χ0) is 4.28. The molecule has 0 rings (SSSR count). The van der Waals surface area contributed by atoms with Crippen LogP contribution in [0, 0.1) is 0 Å². The van der Waals surface area contributed by atoms with E-state index in [9.17, 15) is 0 Å². The summed E-state index contributed by atoms with van der Waals surface area (Å²) in [6.45, 7) is 0. The van der Waals surface area contributed by atoms with Crippen LogP contribution in [0.15, 0.2) is 0 Å². The van der Waals surface area contributed by atoms with Crippen molar-refractivity contribution in [2.45, 2.75) is 0 Å². The van der Waals surface area contributed by atoms with Crippen LogP contribution in [0.2, 0.25) is 0 Å². The van der Waals surface area contributed by atoms with Crippen LogP contribution in [-0.4, -0.2) is 38.4 Å². The maximum absolute atomic E-state index is 8.99. The van der Waals surface area contributed by atoms with Crippen LogP contribution in [0.4, 0.5) is 0 Å². The van der Waals surface area contributed by atoms with Crippen LogP contribution in [0.25, 0.3) is 0 Å². The van der Waals surface area contributed by atoms with Crippen molar-refractivity contribution < 1.29 is 14.6 Å². The van der Waals surface area contributed by atoms with E-state index in [4.69, 9.17) is 10.0 Å². The van der Waals surface area contributed by atoms with Gasteiger partial charge in [0.25, 0.3) is 8.05 Å². The number of hydrogen-bond acceptors (Lipinski definition) is 3. The maximum Gasteiger partial charge on any atom is 2.00 e. The molecule has 6 heavy (non-hydrogen) atoms. The van der Waals surface area contributed by atoms with Gasteiger partial charge in [-0.2, -0.15) is 0 Å². The topological polar surface area (TPSA) is 55.3 Å². The largest absolute Gasteiger partial charge is 2.00 e. The molecule has 0 unspecified atom stereocenters. The van der Waals surface area contributed by atoms with E-state index in [1.807, 2.05) is 0 Å². The third-order valence-corrected chi connectivity index (χ3v) is 0.111. The molecule has 0 aliphatic rings. The van der Waals surface area contributed by atoms with Gasteiger partial charge < -0.3 is 14.6 Å². The molecule has 0 saturated carbocycles. The summed E-state index contributed by atoms with van der Waals surface area (Å²) in [6, 6.07) is 0. The van der Waals surface area contributed by atoms with E-state index in [-0.39, 0.29) is 23.1 Å². The normalized spacial score (nSPS) is 6.33. The second-order valence-electron chi connectivity index (χ2n) is 0.425. The second-order valence-corrected chi connectivity index (χ2v) is 0.425. The monoisotopic (exact) mass is 94.0 g/mol. The average molecular weight is 93.9 g/mol. The molecule has 0 bridgehead atoms. The molecule has 6 heteroatoms. The van der Waals surface area contributed by atoms with Gasteiger partial charge in [0, 0.05) is 7.32 Å². The van der Waals surface area contributed by atoms with Crippen molar-refractivity contribution in [1.82, 2.24) is 0 Å². The molecule has 0 aromatic rings. The Morgan fingerprint density at radius 1 is 1.50 bits per heavy atom. The minimum Gasteiger partial charge on any atom is -0.872 e. The van der Waals surface area contributed by atoms with Gasteiger partial charge in [0.1, 0.15) is 0 Å². The van der Waals surface area contributed by atoms with Gasteiger partial charge in [-0.25, -0.2) is 0 Å². The Hall–Kier alpha value is 0.776. The minimum absolute atomic E-state index is 0. The van der Waals surface area contributed by atoms with Gasteiger partial charge in [0.05, 0.1) is 0 Å². The molecule has 0 fully saturated rings. The van der Waals surface area contributed by atoms with Gasteiger partial charge in [0.2, 0.25) is 0 Å². The summed E-state index contributed by atoms with van der Waals surface area (Å²) in [7, 11) is 1.71. The van der Waals surface area contributed by atoms with Crippen molar-refractivity contribution in [2.75, 3.05) is 0 Å². The summed E-state index contributed by atoms with van der Waals surface area (Å²) >= 11 is 0. The smallest absolute Gasteiger partial charge is 0.872 e. The zero-order valence-corrected chi connectivity index (χ0v) is 4.50. The summed E-state index contributed by atoms with van der Waals surface area (Å²) in [5, 5.41) is 18.0. The molecule has 0 aliphatic carbocycles. The fraction of sp³-hybridized carbons (Fsp3) is 0. The maximum atomic E-state index is 8.99. The predicted octanol–water partition coefficient (Wildman–Crippen LogP) is -3.59. The van der Waals surface area contributed by atoms with Crippen LogP contribution in [0.1, 0.15) is 0 Å². The molecule has 0 heterocycles. The molecule has 0 aromatic heterocycles. The molecule has 0 aromatic carbocycles.